The van der Waals surface area contributed by atoms with Gasteiger partial charge >= 0.3 is 0 Å². The number of carbonyl (C=O) groups is 1. The van der Waals surface area contributed by atoms with Crippen LogP contribution in [0.4, 0.5) is 4.39 Å². The van der Waals surface area contributed by atoms with Gasteiger partial charge in [-0.3, -0.25) is 4.79 Å². The standard InChI is InChI=1S/C9H6FNOS/c10-6-1-2-7-5(3-6)4-8(13-7)9(11)12/h1-4H,(H2,11,12). The maximum atomic E-state index is 12.7. The van der Waals surface area contributed by atoms with Gasteiger partial charge in [0.1, 0.15) is 5.82 Å². The van der Waals surface area contributed by atoms with Crippen LogP contribution in [0.15, 0.2) is 24.3 Å². The van der Waals surface area contributed by atoms with Crippen molar-refractivity contribution in [1.29, 1.82) is 0 Å². The predicted octanol–water partition coefficient (Wildman–Crippen LogP) is 2.14. The Morgan fingerprint density at radius 1 is 1.38 bits per heavy atom. The van der Waals surface area contributed by atoms with Crippen molar-refractivity contribution in [3.05, 3.63) is 35.0 Å². The first-order chi connectivity index (χ1) is 6.16. The van der Waals surface area contributed by atoms with E-state index >= 15 is 0 Å². The van der Waals surface area contributed by atoms with Gasteiger partial charge in [0.2, 0.25) is 0 Å². The molecule has 1 aromatic carbocycles. The summed E-state index contributed by atoms with van der Waals surface area (Å²) in [5, 5.41) is 0.721. The molecule has 4 heteroatoms. The molecule has 1 heterocycles. The second kappa shape index (κ2) is 2.81. The fraction of sp³-hybridized carbons (Fsp3) is 0. The number of nitrogens with two attached hydrogens (primary N) is 1. The Kier molecular flexibility index (Phi) is 1.77. The monoisotopic (exact) mass is 195 g/mol. The number of thiophene rings is 1. The van der Waals surface area contributed by atoms with Crippen molar-refractivity contribution in [2.45, 2.75) is 0 Å². The number of hydrogen-bond acceptors (Lipinski definition) is 2. The zero-order chi connectivity index (χ0) is 9.42. The minimum Gasteiger partial charge on any atom is -0.365 e. The molecular formula is C9H6FNOS. The fourth-order valence-corrected chi connectivity index (χ4v) is 2.03. The summed E-state index contributed by atoms with van der Waals surface area (Å²) in [4.78, 5) is 11.3. The van der Waals surface area contributed by atoms with Crippen LogP contribution in [0, 0.1) is 5.82 Å². The van der Waals surface area contributed by atoms with Gasteiger partial charge in [0.15, 0.2) is 0 Å². The minimum atomic E-state index is -0.471. The number of hydrogen-bond donors (Lipinski definition) is 1. The highest BCUT2D eigenvalue weighted by Crippen LogP contribution is 2.25. The van der Waals surface area contributed by atoms with Gasteiger partial charge in [0, 0.05) is 4.70 Å². The lowest BCUT2D eigenvalue weighted by Crippen LogP contribution is -2.07. The van der Waals surface area contributed by atoms with Gasteiger partial charge in [-0.15, -0.1) is 11.3 Å². The molecule has 0 aliphatic heterocycles. The third-order valence-corrected chi connectivity index (χ3v) is 2.85. The molecule has 0 spiro atoms. The molecule has 1 amide bonds. The second-order valence-electron chi connectivity index (χ2n) is 2.66. The lowest BCUT2D eigenvalue weighted by atomic mass is 10.2. The highest BCUT2D eigenvalue weighted by Gasteiger charge is 2.06. The number of amides is 1. The lowest BCUT2D eigenvalue weighted by Gasteiger charge is -1.86. The summed E-state index contributed by atoms with van der Waals surface area (Å²) in [6, 6.07) is 6.00. The van der Waals surface area contributed by atoms with E-state index in [1.165, 1.54) is 23.5 Å². The zero-order valence-corrected chi connectivity index (χ0v) is 7.40. The van der Waals surface area contributed by atoms with E-state index in [-0.39, 0.29) is 5.82 Å². The molecular weight excluding hydrogens is 189 g/mol. The van der Waals surface area contributed by atoms with Crippen LogP contribution in [-0.4, -0.2) is 5.91 Å². The van der Waals surface area contributed by atoms with E-state index in [1.807, 2.05) is 0 Å². The first-order valence-corrected chi connectivity index (χ1v) is 4.47. The number of primary amides is 1. The molecule has 0 unspecified atom stereocenters. The maximum Gasteiger partial charge on any atom is 0.258 e. The second-order valence-corrected chi connectivity index (χ2v) is 3.74. The van der Waals surface area contributed by atoms with Gasteiger partial charge in [-0.05, 0) is 29.7 Å². The molecule has 1 aromatic heterocycles. The Morgan fingerprint density at radius 3 is 2.85 bits per heavy atom. The number of rotatable bonds is 1. The van der Waals surface area contributed by atoms with Crippen LogP contribution in [0.2, 0.25) is 0 Å². The van der Waals surface area contributed by atoms with Crippen molar-refractivity contribution in [2.24, 2.45) is 5.73 Å². The van der Waals surface area contributed by atoms with E-state index in [0.717, 1.165) is 10.1 Å². The molecule has 2 nitrogen and oxygen atoms in total. The van der Waals surface area contributed by atoms with Crippen LogP contribution in [0.5, 0.6) is 0 Å². The molecule has 0 fully saturated rings. The first-order valence-electron chi connectivity index (χ1n) is 3.66. The molecule has 0 aliphatic rings. The molecule has 2 N–H and O–H groups in total. The summed E-state index contributed by atoms with van der Waals surface area (Å²) in [6.45, 7) is 0. The molecule has 0 saturated carbocycles. The van der Waals surface area contributed by atoms with E-state index in [2.05, 4.69) is 0 Å². The third kappa shape index (κ3) is 1.40. The summed E-state index contributed by atoms with van der Waals surface area (Å²) in [6.07, 6.45) is 0. The van der Waals surface area contributed by atoms with E-state index < -0.39 is 5.91 Å². The van der Waals surface area contributed by atoms with Crippen molar-refractivity contribution >= 4 is 27.3 Å². The van der Waals surface area contributed by atoms with Crippen LogP contribution in [-0.2, 0) is 0 Å². The van der Waals surface area contributed by atoms with Crippen LogP contribution in [0.25, 0.3) is 10.1 Å². The Morgan fingerprint density at radius 2 is 2.15 bits per heavy atom. The first kappa shape index (κ1) is 8.19. The summed E-state index contributed by atoms with van der Waals surface area (Å²) in [5.41, 5.74) is 5.09. The zero-order valence-electron chi connectivity index (χ0n) is 6.58. The molecule has 0 bridgehead atoms. The fourth-order valence-electron chi connectivity index (χ4n) is 1.14. The molecule has 2 aromatic rings. The van der Waals surface area contributed by atoms with E-state index in [9.17, 15) is 9.18 Å². The van der Waals surface area contributed by atoms with Crippen molar-refractivity contribution in [3.8, 4) is 0 Å². The van der Waals surface area contributed by atoms with Gasteiger partial charge in [0.05, 0.1) is 4.88 Å². The van der Waals surface area contributed by atoms with Crippen molar-refractivity contribution in [1.82, 2.24) is 0 Å². The molecule has 0 saturated heterocycles. The summed E-state index contributed by atoms with van der Waals surface area (Å²) in [7, 11) is 0. The highest BCUT2D eigenvalue weighted by molar-refractivity contribution is 7.20. The summed E-state index contributed by atoms with van der Waals surface area (Å²) in [5.74, 6) is -0.775. The Labute approximate surface area is 77.8 Å². The Balaban J connectivity index is 2.68. The van der Waals surface area contributed by atoms with Gasteiger partial charge in [-0.25, -0.2) is 4.39 Å². The molecule has 0 radical (unpaired) electrons. The van der Waals surface area contributed by atoms with Crippen LogP contribution >= 0.6 is 11.3 Å². The average molecular weight is 195 g/mol. The lowest BCUT2D eigenvalue weighted by molar-refractivity contribution is 0.100. The number of fused-ring (bicyclic) bond motifs is 1. The van der Waals surface area contributed by atoms with Gasteiger partial charge < -0.3 is 5.73 Å². The Hall–Kier alpha value is -1.42. The van der Waals surface area contributed by atoms with Crippen molar-refractivity contribution in [2.75, 3.05) is 0 Å². The van der Waals surface area contributed by atoms with Crippen molar-refractivity contribution < 1.29 is 9.18 Å². The Bertz CT molecular complexity index is 477. The van der Waals surface area contributed by atoms with Crippen LogP contribution < -0.4 is 5.73 Å². The van der Waals surface area contributed by atoms with Crippen LogP contribution in [0.1, 0.15) is 9.67 Å². The normalized spacial score (nSPS) is 10.5. The quantitative estimate of drug-likeness (QED) is 0.744. The van der Waals surface area contributed by atoms with Gasteiger partial charge in [-0.1, -0.05) is 0 Å². The smallest absolute Gasteiger partial charge is 0.258 e. The van der Waals surface area contributed by atoms with E-state index in [4.69, 9.17) is 5.73 Å². The molecule has 0 aliphatic carbocycles. The average Bonchev–Trinajstić information content (AvgIpc) is 2.46. The van der Waals surface area contributed by atoms with Gasteiger partial charge in [0.25, 0.3) is 5.91 Å². The molecule has 2 rings (SSSR count). The number of carbonyl (C=O) groups excluding carboxylic acids is 1. The SMILES string of the molecule is NC(=O)c1cc2cc(F)ccc2s1. The van der Waals surface area contributed by atoms with E-state index in [1.54, 1.807) is 12.1 Å². The third-order valence-electron chi connectivity index (χ3n) is 1.72. The summed E-state index contributed by atoms with van der Waals surface area (Å²) < 4.78 is 13.6. The highest BCUT2D eigenvalue weighted by atomic mass is 32.1. The number of halogens is 1. The maximum absolute atomic E-state index is 12.7. The summed E-state index contributed by atoms with van der Waals surface area (Å²) >= 11 is 1.27. The van der Waals surface area contributed by atoms with Crippen LogP contribution in [0.3, 0.4) is 0 Å². The molecule has 66 valence electrons. The predicted molar refractivity (Wildman–Crippen MR) is 50.3 cm³/mol. The van der Waals surface area contributed by atoms with Crippen molar-refractivity contribution in [3.63, 3.8) is 0 Å². The van der Waals surface area contributed by atoms with E-state index in [0.29, 0.717) is 4.88 Å². The molecule has 0 atom stereocenters. The molecule has 13 heavy (non-hydrogen) atoms. The topological polar surface area (TPSA) is 43.1 Å². The van der Waals surface area contributed by atoms with Gasteiger partial charge in [-0.2, -0.15) is 0 Å². The largest absolute Gasteiger partial charge is 0.365 e. The number of benzene rings is 1. The minimum absolute atomic E-state index is 0.304.